The number of oxazole rings is 1. The SMILES string of the molecule is CCNC(=NCc1coc(-c2ccc(C)cc2)n1)NCC(=O)N1CCCCC1.I. The predicted octanol–water partition coefficient (Wildman–Crippen LogP) is 3.34. The number of carbonyl (C=O) groups excluding carboxylic acids is 1. The summed E-state index contributed by atoms with van der Waals surface area (Å²) in [5.74, 6) is 1.31. The van der Waals surface area contributed by atoms with Gasteiger partial charge in [-0.3, -0.25) is 4.79 Å². The Morgan fingerprint density at radius 3 is 2.59 bits per heavy atom. The first-order valence-corrected chi connectivity index (χ1v) is 9.97. The van der Waals surface area contributed by atoms with Gasteiger partial charge in [0.15, 0.2) is 5.96 Å². The number of benzene rings is 1. The molecule has 0 radical (unpaired) electrons. The topological polar surface area (TPSA) is 82.8 Å². The van der Waals surface area contributed by atoms with Crippen molar-refractivity contribution in [1.82, 2.24) is 20.5 Å². The molecule has 0 spiro atoms. The molecule has 0 atom stereocenters. The number of aliphatic imine (C=N–C) groups is 1. The summed E-state index contributed by atoms with van der Waals surface area (Å²) in [6.45, 7) is 7.10. The second-order valence-electron chi connectivity index (χ2n) is 7.00. The molecule has 2 N–H and O–H groups in total. The molecule has 158 valence electrons. The highest BCUT2D eigenvalue weighted by molar-refractivity contribution is 14.0. The number of amides is 1. The second kappa shape index (κ2) is 11.8. The summed E-state index contributed by atoms with van der Waals surface area (Å²) >= 11 is 0. The predicted molar refractivity (Wildman–Crippen MR) is 125 cm³/mol. The number of nitrogens with zero attached hydrogens (tertiary/aromatic N) is 3. The molecule has 0 bridgehead atoms. The molecule has 0 aliphatic carbocycles. The Balaban J connectivity index is 0.00000300. The van der Waals surface area contributed by atoms with Crippen LogP contribution in [-0.4, -0.2) is 47.9 Å². The van der Waals surface area contributed by atoms with Crippen LogP contribution in [0.5, 0.6) is 0 Å². The molecule has 7 nitrogen and oxygen atoms in total. The third-order valence-corrected chi connectivity index (χ3v) is 4.71. The Labute approximate surface area is 189 Å². The van der Waals surface area contributed by atoms with Gasteiger partial charge in [0.1, 0.15) is 12.0 Å². The molecule has 29 heavy (non-hydrogen) atoms. The molecule has 1 aromatic heterocycles. The summed E-state index contributed by atoms with van der Waals surface area (Å²) in [5.41, 5.74) is 2.88. The van der Waals surface area contributed by atoms with Crippen molar-refractivity contribution >= 4 is 35.8 Å². The number of hydrogen-bond acceptors (Lipinski definition) is 4. The standard InChI is InChI=1S/C21H29N5O2.HI/c1-3-22-21(24-14-19(27)26-11-5-4-6-12-26)23-13-18-15-28-20(25-18)17-9-7-16(2)8-10-17;/h7-10,15H,3-6,11-14H2,1-2H3,(H2,22,23,24);1H. The van der Waals surface area contributed by atoms with Gasteiger partial charge in [-0.1, -0.05) is 17.7 Å². The van der Waals surface area contributed by atoms with Crippen molar-refractivity contribution in [3.63, 3.8) is 0 Å². The maximum atomic E-state index is 12.3. The number of aromatic nitrogens is 1. The highest BCUT2D eigenvalue weighted by Crippen LogP contribution is 2.19. The fourth-order valence-electron chi connectivity index (χ4n) is 3.12. The molecule has 2 heterocycles. The molecule has 1 aliphatic heterocycles. The first-order valence-electron chi connectivity index (χ1n) is 9.97. The van der Waals surface area contributed by atoms with E-state index in [0.717, 1.165) is 43.7 Å². The zero-order chi connectivity index (χ0) is 19.8. The summed E-state index contributed by atoms with van der Waals surface area (Å²) in [6, 6.07) is 8.05. The van der Waals surface area contributed by atoms with Crippen molar-refractivity contribution in [1.29, 1.82) is 0 Å². The van der Waals surface area contributed by atoms with Crippen LogP contribution >= 0.6 is 24.0 Å². The molecular formula is C21H30IN5O2. The molecule has 8 heteroatoms. The second-order valence-corrected chi connectivity index (χ2v) is 7.00. The zero-order valence-corrected chi connectivity index (χ0v) is 19.4. The minimum atomic E-state index is 0. The molecule has 1 amide bonds. The van der Waals surface area contributed by atoms with Gasteiger partial charge in [-0.15, -0.1) is 24.0 Å². The highest BCUT2D eigenvalue weighted by atomic mass is 127. The van der Waals surface area contributed by atoms with Gasteiger partial charge in [0.2, 0.25) is 11.8 Å². The molecule has 0 unspecified atom stereocenters. The lowest BCUT2D eigenvalue weighted by atomic mass is 10.1. The van der Waals surface area contributed by atoms with Gasteiger partial charge in [-0.05, 0) is 45.2 Å². The van der Waals surface area contributed by atoms with Gasteiger partial charge in [-0.25, -0.2) is 9.98 Å². The first-order chi connectivity index (χ1) is 13.7. The number of hydrogen-bond donors (Lipinski definition) is 2. The summed E-state index contributed by atoms with van der Waals surface area (Å²) in [7, 11) is 0. The average molecular weight is 511 g/mol. The van der Waals surface area contributed by atoms with Crippen LogP contribution in [0.2, 0.25) is 0 Å². The van der Waals surface area contributed by atoms with E-state index < -0.39 is 0 Å². The summed E-state index contributed by atoms with van der Waals surface area (Å²) < 4.78 is 5.58. The van der Waals surface area contributed by atoms with Gasteiger partial charge in [0, 0.05) is 25.2 Å². The molecule has 2 aromatic rings. The van der Waals surface area contributed by atoms with Crippen LogP contribution in [-0.2, 0) is 11.3 Å². The Morgan fingerprint density at radius 1 is 1.17 bits per heavy atom. The van der Waals surface area contributed by atoms with Gasteiger partial charge in [0.05, 0.1) is 13.1 Å². The van der Waals surface area contributed by atoms with E-state index in [1.165, 1.54) is 12.0 Å². The fraction of sp³-hybridized carbons (Fsp3) is 0.476. The largest absolute Gasteiger partial charge is 0.444 e. The molecule has 0 saturated carbocycles. The van der Waals surface area contributed by atoms with Gasteiger partial charge >= 0.3 is 0 Å². The van der Waals surface area contributed by atoms with Gasteiger partial charge in [-0.2, -0.15) is 0 Å². The van der Waals surface area contributed by atoms with Crippen molar-refractivity contribution in [2.75, 3.05) is 26.2 Å². The average Bonchev–Trinajstić information content (AvgIpc) is 3.20. The van der Waals surface area contributed by atoms with E-state index in [9.17, 15) is 4.79 Å². The van der Waals surface area contributed by atoms with Crippen LogP contribution < -0.4 is 10.6 Å². The van der Waals surface area contributed by atoms with E-state index in [4.69, 9.17) is 4.42 Å². The highest BCUT2D eigenvalue weighted by Gasteiger charge is 2.16. The molecule has 1 fully saturated rings. The molecule has 1 aromatic carbocycles. The maximum Gasteiger partial charge on any atom is 0.241 e. The smallest absolute Gasteiger partial charge is 0.241 e. The van der Waals surface area contributed by atoms with Crippen LogP contribution in [0.3, 0.4) is 0 Å². The summed E-state index contributed by atoms with van der Waals surface area (Å²) in [6.07, 6.45) is 5.02. The molecule has 1 aliphatic rings. The Kier molecular flexibility index (Phi) is 9.43. The number of nitrogens with one attached hydrogen (secondary N) is 2. The number of halogens is 1. The van der Waals surface area contributed by atoms with E-state index in [1.54, 1.807) is 6.26 Å². The first kappa shape index (κ1) is 23.2. The van der Waals surface area contributed by atoms with E-state index >= 15 is 0 Å². The van der Waals surface area contributed by atoms with Crippen molar-refractivity contribution in [3.8, 4) is 11.5 Å². The van der Waals surface area contributed by atoms with Gasteiger partial charge in [0.25, 0.3) is 0 Å². The number of likely N-dealkylation sites (tertiary alicyclic amines) is 1. The number of piperidine rings is 1. The van der Waals surface area contributed by atoms with Crippen molar-refractivity contribution in [2.24, 2.45) is 4.99 Å². The quantitative estimate of drug-likeness (QED) is 0.353. The lowest BCUT2D eigenvalue weighted by Crippen LogP contribution is -2.46. The van der Waals surface area contributed by atoms with Crippen LogP contribution in [0.4, 0.5) is 0 Å². The van der Waals surface area contributed by atoms with Gasteiger partial charge < -0.3 is 20.0 Å². The molecule has 1 saturated heterocycles. The van der Waals surface area contributed by atoms with Crippen LogP contribution in [0.1, 0.15) is 37.4 Å². The summed E-state index contributed by atoms with van der Waals surface area (Å²) in [5, 5.41) is 6.29. The fourth-order valence-corrected chi connectivity index (χ4v) is 3.12. The minimum absolute atomic E-state index is 0. The minimum Gasteiger partial charge on any atom is -0.444 e. The Hall–Kier alpha value is -2.10. The maximum absolute atomic E-state index is 12.3. The van der Waals surface area contributed by atoms with E-state index in [0.29, 0.717) is 18.4 Å². The molecular weight excluding hydrogens is 481 g/mol. The van der Waals surface area contributed by atoms with Crippen LogP contribution in [0, 0.1) is 6.92 Å². The molecule has 3 rings (SSSR count). The van der Waals surface area contributed by atoms with Crippen molar-refractivity contribution in [3.05, 3.63) is 41.8 Å². The lowest BCUT2D eigenvalue weighted by Gasteiger charge is -2.27. The number of carbonyl (C=O) groups is 1. The summed E-state index contributed by atoms with van der Waals surface area (Å²) in [4.78, 5) is 23.3. The Bertz CT molecular complexity index is 798. The number of rotatable bonds is 6. The zero-order valence-electron chi connectivity index (χ0n) is 17.1. The third-order valence-electron chi connectivity index (χ3n) is 4.71. The number of guanidine groups is 1. The van der Waals surface area contributed by atoms with Crippen LogP contribution in [0.15, 0.2) is 39.9 Å². The van der Waals surface area contributed by atoms with Crippen molar-refractivity contribution in [2.45, 2.75) is 39.7 Å². The third kappa shape index (κ3) is 7.02. The van der Waals surface area contributed by atoms with E-state index in [-0.39, 0.29) is 36.4 Å². The lowest BCUT2D eigenvalue weighted by molar-refractivity contribution is -0.130. The number of aryl methyl sites for hydroxylation is 1. The monoisotopic (exact) mass is 511 g/mol. The van der Waals surface area contributed by atoms with Crippen molar-refractivity contribution < 1.29 is 9.21 Å². The van der Waals surface area contributed by atoms with E-state index in [1.807, 2.05) is 43.0 Å². The Morgan fingerprint density at radius 2 is 1.90 bits per heavy atom. The normalized spacial score (nSPS) is 14.3. The van der Waals surface area contributed by atoms with Crippen LogP contribution in [0.25, 0.3) is 11.5 Å². The van der Waals surface area contributed by atoms with E-state index in [2.05, 4.69) is 20.6 Å².